The molecular weight excluding hydrogens is 514 g/mol. The van der Waals surface area contributed by atoms with Gasteiger partial charge in [0.05, 0.1) is 30.9 Å². The number of nitrogens with zero attached hydrogens (tertiary/aromatic N) is 1. The molecule has 3 aromatic carbocycles. The predicted octanol–water partition coefficient (Wildman–Crippen LogP) is 6.46. The highest BCUT2D eigenvalue weighted by atomic mass is 19.4. The fourth-order valence-corrected chi connectivity index (χ4v) is 6.23. The lowest BCUT2D eigenvalue weighted by atomic mass is 9.80. The molecule has 1 amide bonds. The summed E-state index contributed by atoms with van der Waals surface area (Å²) < 4.78 is 64.4. The third-order valence-electron chi connectivity index (χ3n) is 8.00. The number of morpholine rings is 1. The molecule has 0 radical (unpaired) electrons. The molecule has 202 valence electrons. The van der Waals surface area contributed by atoms with Gasteiger partial charge in [0.2, 0.25) is 0 Å². The van der Waals surface area contributed by atoms with Crippen molar-refractivity contribution in [3.63, 3.8) is 0 Å². The molecule has 2 unspecified atom stereocenters. The van der Waals surface area contributed by atoms with E-state index < -0.39 is 47.4 Å². The largest absolute Gasteiger partial charge is 0.448 e. The SMILES string of the molecule is O=C(c1ccc(C(F)(F)F)c(F)c1)C1CC2COCC(C1)N2C(=O)OCC1c2ccccc2-c2ccccc21. The van der Waals surface area contributed by atoms with Gasteiger partial charge in [-0.05, 0) is 47.2 Å². The number of piperidine rings is 1. The fraction of sp³-hybridized carbons (Fsp3) is 0.333. The Bertz CT molecular complexity index is 1380. The number of benzene rings is 3. The number of rotatable bonds is 4. The summed E-state index contributed by atoms with van der Waals surface area (Å²) in [6.45, 7) is 0.592. The minimum Gasteiger partial charge on any atom is -0.448 e. The first-order valence-electron chi connectivity index (χ1n) is 12.8. The minimum atomic E-state index is -4.84. The highest BCUT2D eigenvalue weighted by Crippen LogP contribution is 2.45. The number of Topliss-reactive ketones (excluding diaryl/α,β-unsaturated/α-hetero) is 1. The normalized spacial score (nSPS) is 22.3. The second kappa shape index (κ2) is 9.79. The lowest BCUT2D eigenvalue weighted by molar-refractivity contribution is -0.140. The first kappa shape index (κ1) is 25.6. The van der Waals surface area contributed by atoms with Crippen LogP contribution in [-0.4, -0.2) is 48.7 Å². The van der Waals surface area contributed by atoms with Crippen LogP contribution in [0.5, 0.6) is 0 Å². The Hall–Kier alpha value is -3.72. The third kappa shape index (κ3) is 4.58. The summed E-state index contributed by atoms with van der Waals surface area (Å²) in [6, 6.07) is 17.5. The van der Waals surface area contributed by atoms with Gasteiger partial charge < -0.3 is 9.47 Å². The van der Waals surface area contributed by atoms with Crippen LogP contribution in [0.25, 0.3) is 11.1 Å². The molecule has 3 aliphatic rings. The zero-order valence-electron chi connectivity index (χ0n) is 20.8. The summed E-state index contributed by atoms with van der Waals surface area (Å²) in [6.07, 6.45) is -4.82. The van der Waals surface area contributed by atoms with Crippen molar-refractivity contribution in [2.75, 3.05) is 19.8 Å². The van der Waals surface area contributed by atoms with E-state index in [4.69, 9.17) is 9.47 Å². The van der Waals surface area contributed by atoms with Crippen molar-refractivity contribution >= 4 is 11.9 Å². The molecular formula is C30H25F4NO4. The van der Waals surface area contributed by atoms with Gasteiger partial charge >= 0.3 is 12.3 Å². The molecule has 2 heterocycles. The van der Waals surface area contributed by atoms with Crippen LogP contribution in [0.2, 0.25) is 0 Å². The molecule has 0 saturated carbocycles. The molecule has 3 aromatic rings. The Morgan fingerprint density at radius 3 is 2.05 bits per heavy atom. The van der Waals surface area contributed by atoms with E-state index in [1.165, 1.54) is 0 Å². The maximum atomic E-state index is 14.1. The summed E-state index contributed by atoms with van der Waals surface area (Å²) in [7, 11) is 0. The quantitative estimate of drug-likeness (QED) is 0.282. The van der Waals surface area contributed by atoms with Crippen LogP contribution >= 0.6 is 0 Å². The maximum Gasteiger partial charge on any atom is 0.419 e. The standard InChI is InChI=1S/C30H25F4NO4/c31-27-13-17(9-10-26(27)30(32,33)34)28(36)18-11-19-14-38-15-20(12-18)35(19)29(37)39-16-25-23-7-3-1-5-21(23)22-6-2-4-8-24(22)25/h1-10,13,18-20,25H,11-12,14-16H2. The van der Waals surface area contributed by atoms with Gasteiger partial charge in [-0.2, -0.15) is 13.2 Å². The Balaban J connectivity index is 1.15. The molecule has 0 spiro atoms. The van der Waals surface area contributed by atoms with Crippen molar-refractivity contribution in [2.24, 2.45) is 5.92 Å². The number of amides is 1. The summed E-state index contributed by atoms with van der Waals surface area (Å²) >= 11 is 0. The van der Waals surface area contributed by atoms with Gasteiger partial charge in [0.1, 0.15) is 12.4 Å². The van der Waals surface area contributed by atoms with Gasteiger partial charge in [0.15, 0.2) is 5.78 Å². The molecule has 0 aromatic heterocycles. The van der Waals surface area contributed by atoms with E-state index >= 15 is 0 Å². The van der Waals surface area contributed by atoms with Crippen molar-refractivity contribution < 1.29 is 36.6 Å². The van der Waals surface area contributed by atoms with E-state index in [9.17, 15) is 27.2 Å². The Kier molecular flexibility index (Phi) is 6.41. The summed E-state index contributed by atoms with van der Waals surface area (Å²) in [5, 5.41) is 0. The molecule has 2 bridgehead atoms. The van der Waals surface area contributed by atoms with Crippen LogP contribution in [-0.2, 0) is 15.7 Å². The number of carbonyl (C=O) groups is 2. The lowest BCUT2D eigenvalue weighted by Gasteiger charge is -2.47. The Labute approximate surface area is 222 Å². The van der Waals surface area contributed by atoms with Gasteiger partial charge in [0, 0.05) is 17.4 Å². The van der Waals surface area contributed by atoms with Crippen molar-refractivity contribution in [3.8, 4) is 11.1 Å². The van der Waals surface area contributed by atoms with Crippen molar-refractivity contribution in [1.82, 2.24) is 4.90 Å². The number of ketones is 1. The zero-order valence-corrected chi connectivity index (χ0v) is 20.8. The molecule has 2 fully saturated rings. The monoisotopic (exact) mass is 539 g/mol. The fourth-order valence-electron chi connectivity index (χ4n) is 6.23. The van der Waals surface area contributed by atoms with Crippen LogP contribution in [0, 0.1) is 11.7 Å². The molecule has 2 saturated heterocycles. The number of halogens is 4. The smallest absolute Gasteiger partial charge is 0.419 e. The van der Waals surface area contributed by atoms with Crippen LogP contribution in [0.1, 0.15) is 45.8 Å². The predicted molar refractivity (Wildman–Crippen MR) is 134 cm³/mol. The molecule has 0 N–H and O–H groups in total. The number of carbonyl (C=O) groups excluding carboxylic acids is 2. The van der Waals surface area contributed by atoms with Crippen LogP contribution < -0.4 is 0 Å². The molecule has 2 aliphatic heterocycles. The molecule has 2 atom stereocenters. The zero-order chi connectivity index (χ0) is 27.3. The van der Waals surface area contributed by atoms with E-state index in [1.807, 2.05) is 36.4 Å². The number of hydrogen-bond donors (Lipinski definition) is 0. The molecule has 6 rings (SSSR count). The van der Waals surface area contributed by atoms with E-state index in [0.717, 1.165) is 28.3 Å². The molecule has 1 aliphatic carbocycles. The minimum absolute atomic E-state index is 0.0916. The van der Waals surface area contributed by atoms with E-state index in [-0.39, 0.29) is 44.1 Å². The number of ether oxygens (including phenoxy) is 2. The second-order valence-corrected chi connectivity index (χ2v) is 10.3. The van der Waals surface area contributed by atoms with Gasteiger partial charge in [0.25, 0.3) is 0 Å². The van der Waals surface area contributed by atoms with Crippen molar-refractivity contribution in [1.29, 1.82) is 0 Å². The first-order chi connectivity index (χ1) is 18.7. The Morgan fingerprint density at radius 2 is 1.49 bits per heavy atom. The number of alkyl halides is 3. The van der Waals surface area contributed by atoms with Gasteiger partial charge in [-0.25, -0.2) is 9.18 Å². The Morgan fingerprint density at radius 1 is 0.897 bits per heavy atom. The molecule has 39 heavy (non-hydrogen) atoms. The second-order valence-electron chi connectivity index (χ2n) is 10.3. The average Bonchev–Trinajstić information content (AvgIpc) is 3.23. The summed E-state index contributed by atoms with van der Waals surface area (Å²) in [5.41, 5.74) is 2.93. The highest BCUT2D eigenvalue weighted by Gasteiger charge is 2.45. The number of hydrogen-bond acceptors (Lipinski definition) is 4. The topological polar surface area (TPSA) is 55.8 Å². The van der Waals surface area contributed by atoms with E-state index in [0.29, 0.717) is 12.1 Å². The molecule has 9 heteroatoms. The lowest BCUT2D eigenvalue weighted by Crippen LogP contribution is -2.60. The number of fused-ring (bicyclic) bond motifs is 5. The maximum absolute atomic E-state index is 14.1. The van der Waals surface area contributed by atoms with Crippen LogP contribution in [0.15, 0.2) is 66.7 Å². The van der Waals surface area contributed by atoms with E-state index in [1.54, 1.807) is 4.90 Å². The molecule has 5 nitrogen and oxygen atoms in total. The van der Waals surface area contributed by atoms with Gasteiger partial charge in [-0.15, -0.1) is 0 Å². The van der Waals surface area contributed by atoms with Gasteiger partial charge in [-0.3, -0.25) is 9.69 Å². The van der Waals surface area contributed by atoms with E-state index in [2.05, 4.69) is 12.1 Å². The highest BCUT2D eigenvalue weighted by molar-refractivity contribution is 5.98. The summed E-state index contributed by atoms with van der Waals surface area (Å²) in [5.74, 6) is -2.58. The third-order valence-corrected chi connectivity index (χ3v) is 8.00. The van der Waals surface area contributed by atoms with Crippen molar-refractivity contribution in [2.45, 2.75) is 37.0 Å². The first-order valence-corrected chi connectivity index (χ1v) is 12.8. The van der Waals surface area contributed by atoms with Crippen molar-refractivity contribution in [3.05, 3.63) is 94.8 Å². The van der Waals surface area contributed by atoms with Crippen LogP contribution in [0.3, 0.4) is 0 Å². The summed E-state index contributed by atoms with van der Waals surface area (Å²) in [4.78, 5) is 28.1. The van der Waals surface area contributed by atoms with Gasteiger partial charge in [-0.1, -0.05) is 54.6 Å². The average molecular weight is 540 g/mol. The van der Waals surface area contributed by atoms with Crippen LogP contribution in [0.4, 0.5) is 22.4 Å².